The average molecular weight is 399 g/mol. The smallest absolute Gasteiger partial charge is 0.172 e. The van der Waals surface area contributed by atoms with Crippen molar-refractivity contribution in [2.24, 2.45) is 0 Å². The van der Waals surface area contributed by atoms with E-state index < -0.39 is 6.10 Å². The number of rotatable bonds is 6. The van der Waals surface area contributed by atoms with Crippen LogP contribution in [-0.4, -0.2) is 40.6 Å². The second-order valence-corrected chi connectivity index (χ2v) is 6.27. The number of ether oxygens (including phenoxy) is 5. The van der Waals surface area contributed by atoms with Gasteiger partial charge in [0.1, 0.15) is 23.7 Å². The van der Waals surface area contributed by atoms with Crippen LogP contribution in [0.3, 0.4) is 0 Å². The van der Waals surface area contributed by atoms with Crippen molar-refractivity contribution >= 4 is 15.9 Å². The largest absolute Gasteiger partial charge is 0.498 e. The van der Waals surface area contributed by atoms with E-state index in [4.69, 9.17) is 23.7 Å². The highest BCUT2D eigenvalue weighted by Crippen LogP contribution is 2.39. The average Bonchev–Trinajstić information content (AvgIpc) is 2.59. The monoisotopic (exact) mass is 398 g/mol. The lowest BCUT2D eigenvalue weighted by molar-refractivity contribution is -0.0389. The molecule has 0 saturated heterocycles. The number of allylic oxidation sites excluding steroid dienone is 2. The van der Waals surface area contributed by atoms with Gasteiger partial charge in [-0.2, -0.15) is 0 Å². The highest BCUT2D eigenvalue weighted by molar-refractivity contribution is 9.10. The zero-order valence-corrected chi connectivity index (χ0v) is 16.4. The summed E-state index contributed by atoms with van der Waals surface area (Å²) in [6.45, 7) is 3.92. The second-order valence-electron chi connectivity index (χ2n) is 5.42. The molecule has 0 N–H and O–H groups in total. The Balaban J connectivity index is 2.51. The molecular formula is C18H23BrO5. The molecule has 0 fully saturated rings. The summed E-state index contributed by atoms with van der Waals surface area (Å²) in [5.74, 6) is 2.67. The molecule has 0 amide bonds. The SMILES string of the molecule is COC1=CC(C)=C(Oc2c(OC)ccc(Br)c2C)C(OC)C1OC. The Bertz CT molecular complexity index is 666. The van der Waals surface area contributed by atoms with Crippen LogP contribution in [0.5, 0.6) is 11.5 Å². The van der Waals surface area contributed by atoms with Gasteiger partial charge in [0, 0.05) is 24.3 Å². The molecule has 1 aromatic carbocycles. The van der Waals surface area contributed by atoms with Crippen LogP contribution in [0.1, 0.15) is 12.5 Å². The van der Waals surface area contributed by atoms with Gasteiger partial charge in [-0.3, -0.25) is 0 Å². The summed E-state index contributed by atoms with van der Waals surface area (Å²) in [7, 11) is 6.47. The standard InChI is InChI=1S/C18H23BrO5/c1-10-9-14(21-4)17(22-5)18(23-6)15(10)24-16-11(2)12(19)7-8-13(16)20-3/h7-9,17-18H,1-6H3. The van der Waals surface area contributed by atoms with E-state index in [1.54, 1.807) is 28.4 Å². The van der Waals surface area contributed by atoms with Gasteiger partial charge in [-0.25, -0.2) is 0 Å². The van der Waals surface area contributed by atoms with E-state index in [0.717, 1.165) is 15.6 Å². The number of benzene rings is 1. The Morgan fingerprint density at radius 3 is 2.12 bits per heavy atom. The van der Waals surface area contributed by atoms with E-state index >= 15 is 0 Å². The Labute approximate surface area is 151 Å². The van der Waals surface area contributed by atoms with Crippen LogP contribution < -0.4 is 9.47 Å². The predicted octanol–water partition coefficient (Wildman–Crippen LogP) is 3.99. The molecule has 0 radical (unpaired) electrons. The second kappa shape index (κ2) is 8.05. The molecule has 0 bridgehead atoms. The quantitative estimate of drug-likeness (QED) is 0.724. The van der Waals surface area contributed by atoms with E-state index in [-0.39, 0.29) is 6.10 Å². The fraction of sp³-hybridized carbons (Fsp3) is 0.444. The number of hydrogen-bond donors (Lipinski definition) is 0. The Kier molecular flexibility index (Phi) is 6.32. The number of halogens is 1. The van der Waals surface area contributed by atoms with Crippen molar-refractivity contribution in [1.82, 2.24) is 0 Å². The minimum atomic E-state index is -0.418. The van der Waals surface area contributed by atoms with Crippen molar-refractivity contribution in [1.29, 1.82) is 0 Å². The van der Waals surface area contributed by atoms with Crippen molar-refractivity contribution in [2.75, 3.05) is 28.4 Å². The summed E-state index contributed by atoms with van der Waals surface area (Å²) in [6.07, 6.45) is 1.11. The molecule has 5 nitrogen and oxygen atoms in total. The molecule has 24 heavy (non-hydrogen) atoms. The minimum absolute atomic E-state index is 0.378. The first-order valence-electron chi connectivity index (χ1n) is 7.51. The van der Waals surface area contributed by atoms with E-state index in [1.807, 2.05) is 32.1 Å². The molecule has 6 heteroatoms. The summed E-state index contributed by atoms with van der Waals surface area (Å²) >= 11 is 3.53. The molecule has 0 heterocycles. The molecule has 2 rings (SSSR count). The molecule has 0 aromatic heterocycles. The summed E-state index contributed by atoms with van der Waals surface area (Å²) in [4.78, 5) is 0. The maximum atomic E-state index is 6.25. The third-order valence-corrected chi connectivity index (χ3v) is 4.90. The number of methoxy groups -OCH3 is 4. The molecule has 1 aromatic rings. The van der Waals surface area contributed by atoms with Gasteiger partial charge < -0.3 is 23.7 Å². The lowest BCUT2D eigenvalue weighted by atomic mass is 9.98. The van der Waals surface area contributed by atoms with Crippen molar-refractivity contribution in [3.8, 4) is 11.5 Å². The van der Waals surface area contributed by atoms with Crippen LogP contribution in [-0.2, 0) is 14.2 Å². The number of hydrogen-bond acceptors (Lipinski definition) is 5. The summed E-state index contributed by atoms with van der Waals surface area (Å²) < 4.78 is 29.2. The van der Waals surface area contributed by atoms with Gasteiger partial charge in [-0.15, -0.1) is 0 Å². The summed E-state index contributed by atoms with van der Waals surface area (Å²) in [6, 6.07) is 3.79. The fourth-order valence-corrected chi connectivity index (χ4v) is 3.01. The normalized spacial score (nSPS) is 20.7. The van der Waals surface area contributed by atoms with E-state index in [1.165, 1.54) is 0 Å². The van der Waals surface area contributed by atoms with Gasteiger partial charge >= 0.3 is 0 Å². The molecule has 132 valence electrons. The fourth-order valence-electron chi connectivity index (χ4n) is 2.70. The topological polar surface area (TPSA) is 46.2 Å². The van der Waals surface area contributed by atoms with Crippen molar-refractivity contribution in [2.45, 2.75) is 26.1 Å². The summed E-state index contributed by atoms with van der Waals surface area (Å²) in [5, 5.41) is 0. The first-order chi connectivity index (χ1) is 11.5. The molecule has 0 aliphatic heterocycles. The van der Waals surface area contributed by atoms with Gasteiger partial charge in [0.05, 0.1) is 14.2 Å². The van der Waals surface area contributed by atoms with Crippen LogP contribution >= 0.6 is 15.9 Å². The Morgan fingerprint density at radius 1 is 0.917 bits per heavy atom. The van der Waals surface area contributed by atoms with Gasteiger partial charge in [0.15, 0.2) is 11.5 Å². The lowest BCUT2D eigenvalue weighted by Gasteiger charge is -2.32. The Hall–Kier alpha value is -1.50. The van der Waals surface area contributed by atoms with Crippen molar-refractivity contribution in [3.63, 3.8) is 0 Å². The lowest BCUT2D eigenvalue weighted by Crippen LogP contribution is -2.38. The predicted molar refractivity (Wildman–Crippen MR) is 95.4 cm³/mol. The summed E-state index contributed by atoms with van der Waals surface area (Å²) in [5.41, 5.74) is 1.86. The van der Waals surface area contributed by atoms with Gasteiger partial charge in [-0.1, -0.05) is 15.9 Å². The van der Waals surface area contributed by atoms with Gasteiger partial charge in [0.25, 0.3) is 0 Å². The van der Waals surface area contributed by atoms with Gasteiger partial charge in [0.2, 0.25) is 0 Å². The maximum Gasteiger partial charge on any atom is 0.172 e. The highest BCUT2D eigenvalue weighted by atomic mass is 79.9. The molecule has 0 spiro atoms. The van der Waals surface area contributed by atoms with Gasteiger partial charge in [-0.05, 0) is 37.6 Å². The van der Waals surface area contributed by atoms with E-state index in [0.29, 0.717) is 23.0 Å². The van der Waals surface area contributed by atoms with E-state index in [2.05, 4.69) is 15.9 Å². The zero-order valence-electron chi connectivity index (χ0n) is 14.8. The first-order valence-corrected chi connectivity index (χ1v) is 8.30. The van der Waals surface area contributed by atoms with Crippen LogP contribution in [0.15, 0.2) is 39.8 Å². The zero-order chi connectivity index (χ0) is 17.9. The molecule has 2 unspecified atom stereocenters. The third-order valence-electron chi connectivity index (χ3n) is 4.04. The first kappa shape index (κ1) is 18.8. The molecule has 0 saturated carbocycles. The van der Waals surface area contributed by atoms with E-state index in [9.17, 15) is 0 Å². The molecule has 1 aliphatic carbocycles. The molecular weight excluding hydrogens is 376 g/mol. The third kappa shape index (κ3) is 3.45. The van der Waals surface area contributed by atoms with Crippen LogP contribution in [0.2, 0.25) is 0 Å². The van der Waals surface area contributed by atoms with Crippen molar-refractivity contribution < 1.29 is 23.7 Å². The highest BCUT2D eigenvalue weighted by Gasteiger charge is 2.36. The molecule has 2 atom stereocenters. The molecule has 1 aliphatic rings. The maximum absolute atomic E-state index is 6.25. The van der Waals surface area contributed by atoms with Crippen LogP contribution in [0.25, 0.3) is 0 Å². The van der Waals surface area contributed by atoms with Crippen LogP contribution in [0.4, 0.5) is 0 Å². The van der Waals surface area contributed by atoms with Crippen LogP contribution in [0, 0.1) is 6.92 Å². The minimum Gasteiger partial charge on any atom is -0.498 e. The van der Waals surface area contributed by atoms with Crippen molar-refractivity contribution in [3.05, 3.63) is 45.3 Å². The Morgan fingerprint density at radius 2 is 1.58 bits per heavy atom.